The van der Waals surface area contributed by atoms with Crippen molar-refractivity contribution in [2.75, 3.05) is 10.6 Å². The molecular formula is C17H18N2O. The minimum Gasteiger partial charge on any atom is -0.356 e. The van der Waals surface area contributed by atoms with Gasteiger partial charge < -0.3 is 10.6 Å². The molecular weight excluding hydrogens is 248 g/mol. The number of benzene rings is 2. The molecule has 0 bridgehead atoms. The van der Waals surface area contributed by atoms with Crippen molar-refractivity contribution >= 4 is 23.0 Å². The van der Waals surface area contributed by atoms with Gasteiger partial charge in [0.1, 0.15) is 0 Å². The first-order chi connectivity index (χ1) is 9.54. The Kier molecular flexibility index (Phi) is 4.20. The Morgan fingerprint density at radius 2 is 1.35 bits per heavy atom. The lowest BCUT2D eigenvalue weighted by atomic mass is 10.2. The van der Waals surface area contributed by atoms with Crippen LogP contribution in [0.5, 0.6) is 0 Å². The van der Waals surface area contributed by atoms with Crippen LogP contribution in [0, 0.1) is 6.92 Å². The largest absolute Gasteiger partial charge is 0.356 e. The number of carbonyl (C=O) groups is 1. The maximum atomic E-state index is 11.5. The van der Waals surface area contributed by atoms with E-state index in [1.807, 2.05) is 36.4 Å². The molecule has 1 amide bonds. The van der Waals surface area contributed by atoms with Crippen LogP contribution in [-0.2, 0) is 4.79 Å². The summed E-state index contributed by atoms with van der Waals surface area (Å²) in [5.74, 6) is -0.163. The van der Waals surface area contributed by atoms with Crippen molar-refractivity contribution in [1.29, 1.82) is 0 Å². The first-order valence-electron chi connectivity index (χ1n) is 6.45. The molecule has 3 nitrogen and oxygen atoms in total. The molecule has 0 aliphatic rings. The van der Waals surface area contributed by atoms with E-state index in [0.717, 1.165) is 17.1 Å². The van der Waals surface area contributed by atoms with Crippen molar-refractivity contribution < 1.29 is 4.79 Å². The molecule has 0 radical (unpaired) electrons. The molecule has 2 rings (SSSR count). The second-order valence-corrected chi connectivity index (χ2v) is 4.80. The van der Waals surface area contributed by atoms with Crippen LogP contribution in [0.4, 0.5) is 17.1 Å². The summed E-state index contributed by atoms with van der Waals surface area (Å²) >= 11 is 0. The molecule has 0 atom stereocenters. The maximum absolute atomic E-state index is 11.5. The van der Waals surface area contributed by atoms with E-state index in [1.54, 1.807) is 6.92 Å². The third-order valence-electron chi connectivity index (χ3n) is 2.87. The van der Waals surface area contributed by atoms with Crippen LogP contribution in [0.3, 0.4) is 0 Å². The molecule has 0 aliphatic heterocycles. The van der Waals surface area contributed by atoms with Gasteiger partial charge in [0, 0.05) is 22.6 Å². The molecule has 3 heteroatoms. The van der Waals surface area contributed by atoms with Crippen LogP contribution in [0.15, 0.2) is 60.7 Å². The van der Waals surface area contributed by atoms with Gasteiger partial charge in [-0.15, -0.1) is 0 Å². The standard InChI is InChI=1S/C17H18N2O/c1-12(2)17(20)19-16-10-8-15(9-11-16)18-14-6-4-13(3)5-7-14/h4-11,18H,1H2,2-3H3,(H,19,20). The Morgan fingerprint density at radius 3 is 1.85 bits per heavy atom. The summed E-state index contributed by atoms with van der Waals surface area (Å²) in [4.78, 5) is 11.5. The molecule has 0 fully saturated rings. The molecule has 0 aromatic heterocycles. The fourth-order valence-corrected chi connectivity index (χ4v) is 1.68. The highest BCUT2D eigenvalue weighted by atomic mass is 16.1. The Morgan fingerprint density at radius 1 is 0.900 bits per heavy atom. The quantitative estimate of drug-likeness (QED) is 0.812. The lowest BCUT2D eigenvalue weighted by molar-refractivity contribution is -0.112. The zero-order chi connectivity index (χ0) is 14.5. The second-order valence-electron chi connectivity index (χ2n) is 4.80. The Labute approximate surface area is 119 Å². The average molecular weight is 266 g/mol. The predicted octanol–water partition coefficient (Wildman–Crippen LogP) is 4.25. The summed E-state index contributed by atoms with van der Waals surface area (Å²) in [7, 11) is 0. The number of amides is 1. The number of carbonyl (C=O) groups excluding carboxylic acids is 1. The van der Waals surface area contributed by atoms with E-state index >= 15 is 0 Å². The van der Waals surface area contributed by atoms with Gasteiger partial charge in [-0.25, -0.2) is 0 Å². The average Bonchev–Trinajstić information content (AvgIpc) is 2.43. The zero-order valence-corrected chi connectivity index (χ0v) is 11.7. The fourth-order valence-electron chi connectivity index (χ4n) is 1.68. The second kappa shape index (κ2) is 6.06. The molecule has 20 heavy (non-hydrogen) atoms. The minimum atomic E-state index is -0.163. The smallest absolute Gasteiger partial charge is 0.250 e. The number of rotatable bonds is 4. The van der Waals surface area contributed by atoms with Gasteiger partial charge in [-0.3, -0.25) is 4.79 Å². The van der Waals surface area contributed by atoms with E-state index in [0.29, 0.717) is 5.57 Å². The summed E-state index contributed by atoms with van der Waals surface area (Å²) < 4.78 is 0. The lowest BCUT2D eigenvalue weighted by Gasteiger charge is -2.09. The number of hydrogen-bond acceptors (Lipinski definition) is 2. The molecule has 0 saturated heterocycles. The molecule has 0 unspecified atom stereocenters. The van der Waals surface area contributed by atoms with Crippen LogP contribution in [0.1, 0.15) is 12.5 Å². The summed E-state index contributed by atoms with van der Waals surface area (Å²) in [6.45, 7) is 7.35. The van der Waals surface area contributed by atoms with Crippen molar-refractivity contribution in [2.45, 2.75) is 13.8 Å². The van der Waals surface area contributed by atoms with E-state index in [9.17, 15) is 4.79 Å². The summed E-state index contributed by atoms with van der Waals surface area (Å²) in [5, 5.41) is 6.08. The van der Waals surface area contributed by atoms with E-state index in [2.05, 4.69) is 36.3 Å². The SMILES string of the molecule is C=C(C)C(=O)Nc1ccc(Nc2ccc(C)cc2)cc1. The summed E-state index contributed by atoms with van der Waals surface area (Å²) in [6, 6.07) is 15.8. The number of anilines is 3. The highest BCUT2D eigenvalue weighted by Gasteiger charge is 2.02. The number of aryl methyl sites for hydroxylation is 1. The van der Waals surface area contributed by atoms with Gasteiger partial charge >= 0.3 is 0 Å². The Balaban J connectivity index is 2.03. The molecule has 2 aromatic carbocycles. The monoisotopic (exact) mass is 266 g/mol. The van der Waals surface area contributed by atoms with Gasteiger partial charge in [-0.1, -0.05) is 24.3 Å². The molecule has 0 aliphatic carbocycles. The van der Waals surface area contributed by atoms with Crippen molar-refractivity contribution in [3.63, 3.8) is 0 Å². The first-order valence-corrected chi connectivity index (χ1v) is 6.45. The molecule has 0 spiro atoms. The Bertz CT molecular complexity index is 612. The topological polar surface area (TPSA) is 41.1 Å². The predicted molar refractivity (Wildman–Crippen MR) is 84.3 cm³/mol. The summed E-state index contributed by atoms with van der Waals surface area (Å²) in [5.41, 5.74) is 4.49. The van der Waals surface area contributed by atoms with E-state index in [1.165, 1.54) is 5.56 Å². The number of nitrogens with one attached hydrogen (secondary N) is 2. The molecule has 102 valence electrons. The third kappa shape index (κ3) is 3.72. The van der Waals surface area contributed by atoms with Gasteiger partial charge in [-0.05, 0) is 50.2 Å². The molecule has 2 aromatic rings. The maximum Gasteiger partial charge on any atom is 0.250 e. The van der Waals surface area contributed by atoms with Crippen molar-refractivity contribution in [1.82, 2.24) is 0 Å². The van der Waals surface area contributed by atoms with Gasteiger partial charge in [-0.2, -0.15) is 0 Å². The zero-order valence-electron chi connectivity index (χ0n) is 11.7. The summed E-state index contributed by atoms with van der Waals surface area (Å²) in [6.07, 6.45) is 0. The highest BCUT2D eigenvalue weighted by Crippen LogP contribution is 2.19. The van der Waals surface area contributed by atoms with Gasteiger partial charge in [0.05, 0.1) is 0 Å². The number of hydrogen-bond donors (Lipinski definition) is 2. The van der Waals surface area contributed by atoms with Crippen molar-refractivity contribution in [3.05, 3.63) is 66.2 Å². The van der Waals surface area contributed by atoms with Gasteiger partial charge in [0.15, 0.2) is 0 Å². The first kappa shape index (κ1) is 13.9. The van der Waals surface area contributed by atoms with Crippen LogP contribution < -0.4 is 10.6 Å². The van der Waals surface area contributed by atoms with E-state index < -0.39 is 0 Å². The molecule has 0 saturated carbocycles. The van der Waals surface area contributed by atoms with Crippen LogP contribution >= 0.6 is 0 Å². The minimum absolute atomic E-state index is 0.163. The normalized spacial score (nSPS) is 9.90. The third-order valence-corrected chi connectivity index (χ3v) is 2.87. The van der Waals surface area contributed by atoms with Crippen LogP contribution in [0.25, 0.3) is 0 Å². The van der Waals surface area contributed by atoms with Crippen molar-refractivity contribution in [3.8, 4) is 0 Å². The van der Waals surface area contributed by atoms with Gasteiger partial charge in [0.2, 0.25) is 0 Å². The van der Waals surface area contributed by atoms with E-state index in [-0.39, 0.29) is 5.91 Å². The lowest BCUT2D eigenvalue weighted by Crippen LogP contribution is -2.11. The fraction of sp³-hybridized carbons (Fsp3) is 0.118. The Hall–Kier alpha value is -2.55. The molecule has 2 N–H and O–H groups in total. The van der Waals surface area contributed by atoms with Gasteiger partial charge in [0.25, 0.3) is 5.91 Å². The van der Waals surface area contributed by atoms with Crippen LogP contribution in [0.2, 0.25) is 0 Å². The highest BCUT2D eigenvalue weighted by molar-refractivity contribution is 6.02. The molecule has 0 heterocycles. The van der Waals surface area contributed by atoms with Crippen molar-refractivity contribution in [2.24, 2.45) is 0 Å². The van der Waals surface area contributed by atoms with Crippen LogP contribution in [-0.4, -0.2) is 5.91 Å². The van der Waals surface area contributed by atoms with E-state index in [4.69, 9.17) is 0 Å².